The number of nitrogens with one attached hydrogen (secondary N) is 1. The Hall–Kier alpha value is 0.300. The van der Waals surface area contributed by atoms with Crippen molar-refractivity contribution >= 4 is 33.6 Å². The van der Waals surface area contributed by atoms with Gasteiger partial charge in [-0.2, -0.15) is 11.8 Å². The van der Waals surface area contributed by atoms with Gasteiger partial charge in [0, 0.05) is 10.9 Å². The second-order valence-corrected chi connectivity index (χ2v) is 5.80. The van der Waals surface area contributed by atoms with Crippen molar-refractivity contribution in [1.82, 2.24) is 5.32 Å². The maximum absolute atomic E-state index is 11.4. The van der Waals surface area contributed by atoms with Crippen LogP contribution in [0.1, 0.15) is 32.1 Å². The van der Waals surface area contributed by atoms with Crippen LogP contribution in [0.15, 0.2) is 0 Å². The van der Waals surface area contributed by atoms with E-state index in [9.17, 15) is 4.79 Å². The molecule has 2 atom stereocenters. The molecule has 0 bridgehead atoms. The zero-order valence-electron chi connectivity index (χ0n) is 8.59. The molecule has 2 nitrogen and oxygen atoms in total. The van der Waals surface area contributed by atoms with Gasteiger partial charge in [-0.25, -0.2) is 0 Å². The van der Waals surface area contributed by atoms with Crippen molar-refractivity contribution in [3.05, 3.63) is 0 Å². The zero-order valence-corrected chi connectivity index (χ0v) is 11.0. The molecule has 0 heterocycles. The van der Waals surface area contributed by atoms with Crippen LogP contribution in [0.25, 0.3) is 0 Å². The molecule has 0 saturated heterocycles. The standard InChI is InChI=1S/C10H18BrNOS/c1-14-7-10(13)12-9-6-4-2-3-5-8(9)11/h8-9H,2-7H2,1H3,(H,12,13). The van der Waals surface area contributed by atoms with Gasteiger partial charge in [-0.3, -0.25) is 4.79 Å². The molecule has 0 radical (unpaired) electrons. The molecule has 0 spiro atoms. The minimum absolute atomic E-state index is 0.175. The highest BCUT2D eigenvalue weighted by Crippen LogP contribution is 2.23. The van der Waals surface area contributed by atoms with Crippen LogP contribution in [0.2, 0.25) is 0 Å². The molecule has 82 valence electrons. The van der Waals surface area contributed by atoms with Crippen molar-refractivity contribution in [1.29, 1.82) is 0 Å². The van der Waals surface area contributed by atoms with E-state index >= 15 is 0 Å². The molecule has 1 N–H and O–H groups in total. The molecule has 1 amide bonds. The SMILES string of the molecule is CSCC(=O)NC1CCCCCC1Br. The highest BCUT2D eigenvalue weighted by Gasteiger charge is 2.22. The number of carbonyl (C=O) groups excluding carboxylic acids is 1. The van der Waals surface area contributed by atoms with Crippen LogP contribution < -0.4 is 5.32 Å². The first-order valence-electron chi connectivity index (χ1n) is 5.16. The fourth-order valence-corrected chi connectivity index (χ4v) is 2.87. The molecule has 14 heavy (non-hydrogen) atoms. The Balaban J connectivity index is 2.36. The van der Waals surface area contributed by atoms with E-state index in [4.69, 9.17) is 0 Å². The van der Waals surface area contributed by atoms with Crippen LogP contribution in [0.4, 0.5) is 0 Å². The van der Waals surface area contributed by atoms with E-state index in [1.54, 1.807) is 11.8 Å². The second-order valence-electron chi connectivity index (χ2n) is 3.76. The van der Waals surface area contributed by atoms with E-state index in [1.165, 1.54) is 25.7 Å². The van der Waals surface area contributed by atoms with Gasteiger partial charge >= 0.3 is 0 Å². The number of halogens is 1. The van der Waals surface area contributed by atoms with Gasteiger partial charge in [0.15, 0.2) is 0 Å². The number of rotatable bonds is 3. The van der Waals surface area contributed by atoms with Gasteiger partial charge in [0.2, 0.25) is 5.91 Å². The number of thioether (sulfide) groups is 1. The largest absolute Gasteiger partial charge is 0.352 e. The molecular weight excluding hydrogens is 262 g/mol. The fraction of sp³-hybridized carbons (Fsp3) is 0.900. The summed E-state index contributed by atoms with van der Waals surface area (Å²) in [6, 6.07) is 0.345. The lowest BCUT2D eigenvalue weighted by molar-refractivity contribution is -0.119. The summed E-state index contributed by atoms with van der Waals surface area (Å²) in [7, 11) is 0. The normalized spacial score (nSPS) is 28.1. The highest BCUT2D eigenvalue weighted by atomic mass is 79.9. The van der Waals surface area contributed by atoms with E-state index in [-0.39, 0.29) is 5.91 Å². The van der Waals surface area contributed by atoms with Gasteiger partial charge in [0.1, 0.15) is 0 Å². The van der Waals surface area contributed by atoms with Crippen LogP contribution in [-0.4, -0.2) is 28.8 Å². The first-order valence-corrected chi connectivity index (χ1v) is 7.47. The van der Waals surface area contributed by atoms with Gasteiger partial charge in [-0.1, -0.05) is 35.2 Å². The zero-order chi connectivity index (χ0) is 10.4. The van der Waals surface area contributed by atoms with Crippen LogP contribution in [-0.2, 0) is 4.79 Å². The number of hydrogen-bond donors (Lipinski definition) is 1. The average molecular weight is 280 g/mol. The summed E-state index contributed by atoms with van der Waals surface area (Å²) in [5.74, 6) is 0.754. The molecule has 1 rings (SSSR count). The van der Waals surface area contributed by atoms with E-state index in [0.29, 0.717) is 16.6 Å². The van der Waals surface area contributed by atoms with E-state index in [0.717, 1.165) is 6.42 Å². The predicted molar refractivity (Wildman–Crippen MR) is 66.1 cm³/mol. The first kappa shape index (κ1) is 12.4. The van der Waals surface area contributed by atoms with E-state index in [1.807, 2.05) is 6.26 Å². The lowest BCUT2D eigenvalue weighted by atomic mass is 10.1. The van der Waals surface area contributed by atoms with Crippen molar-refractivity contribution in [3.63, 3.8) is 0 Å². The molecule has 0 aromatic carbocycles. The molecule has 1 aliphatic rings. The molecule has 1 saturated carbocycles. The van der Waals surface area contributed by atoms with Crippen LogP contribution >= 0.6 is 27.7 Å². The minimum Gasteiger partial charge on any atom is -0.352 e. The van der Waals surface area contributed by atoms with Crippen LogP contribution in [0.5, 0.6) is 0 Å². The lowest BCUT2D eigenvalue weighted by Gasteiger charge is -2.21. The Kier molecular flexibility index (Phi) is 5.94. The molecular formula is C10H18BrNOS. The Morgan fingerprint density at radius 3 is 2.86 bits per heavy atom. The quantitative estimate of drug-likeness (QED) is 0.636. The van der Waals surface area contributed by atoms with Gasteiger partial charge in [-0.15, -0.1) is 0 Å². The lowest BCUT2D eigenvalue weighted by Crippen LogP contribution is -2.41. The predicted octanol–water partition coefficient (Wildman–Crippen LogP) is 2.56. The van der Waals surface area contributed by atoms with E-state index in [2.05, 4.69) is 21.2 Å². The average Bonchev–Trinajstić information content (AvgIpc) is 2.33. The molecule has 0 aromatic heterocycles. The Labute approximate surface area is 98.7 Å². The first-order chi connectivity index (χ1) is 6.74. The van der Waals surface area contributed by atoms with Crippen LogP contribution in [0, 0.1) is 0 Å². The summed E-state index contributed by atoms with van der Waals surface area (Å²) in [4.78, 5) is 11.9. The summed E-state index contributed by atoms with van der Waals surface area (Å²) in [6.45, 7) is 0. The summed E-state index contributed by atoms with van der Waals surface area (Å²) >= 11 is 5.24. The molecule has 2 unspecified atom stereocenters. The van der Waals surface area contributed by atoms with Crippen molar-refractivity contribution in [3.8, 4) is 0 Å². The smallest absolute Gasteiger partial charge is 0.230 e. The third-order valence-electron chi connectivity index (χ3n) is 2.55. The minimum atomic E-state index is 0.175. The topological polar surface area (TPSA) is 29.1 Å². The summed E-state index contributed by atoms with van der Waals surface area (Å²) in [6.07, 6.45) is 8.09. The van der Waals surface area contributed by atoms with Crippen molar-refractivity contribution in [2.45, 2.75) is 43.0 Å². The van der Waals surface area contributed by atoms with Gasteiger partial charge in [-0.05, 0) is 19.1 Å². The summed E-state index contributed by atoms with van der Waals surface area (Å²) < 4.78 is 0. The Bertz CT molecular complexity index is 189. The highest BCUT2D eigenvalue weighted by molar-refractivity contribution is 9.09. The van der Waals surface area contributed by atoms with Crippen molar-refractivity contribution in [2.75, 3.05) is 12.0 Å². The number of amides is 1. The van der Waals surface area contributed by atoms with Crippen molar-refractivity contribution in [2.24, 2.45) is 0 Å². The molecule has 4 heteroatoms. The van der Waals surface area contributed by atoms with Gasteiger partial charge in [0.25, 0.3) is 0 Å². The summed E-state index contributed by atoms with van der Waals surface area (Å²) in [5, 5.41) is 3.10. The van der Waals surface area contributed by atoms with Gasteiger partial charge < -0.3 is 5.32 Å². The van der Waals surface area contributed by atoms with E-state index < -0.39 is 0 Å². The molecule has 1 fully saturated rings. The van der Waals surface area contributed by atoms with Crippen molar-refractivity contribution < 1.29 is 4.79 Å². The van der Waals surface area contributed by atoms with Gasteiger partial charge in [0.05, 0.1) is 5.75 Å². The Morgan fingerprint density at radius 2 is 2.14 bits per heavy atom. The third-order valence-corrected chi connectivity index (χ3v) is 4.20. The third kappa shape index (κ3) is 4.22. The Morgan fingerprint density at radius 1 is 1.43 bits per heavy atom. The monoisotopic (exact) mass is 279 g/mol. The molecule has 1 aliphatic carbocycles. The number of alkyl halides is 1. The number of carbonyl (C=O) groups is 1. The summed E-state index contributed by atoms with van der Waals surface area (Å²) in [5.41, 5.74) is 0. The fourth-order valence-electron chi connectivity index (χ4n) is 1.80. The molecule has 0 aromatic rings. The van der Waals surface area contributed by atoms with Crippen LogP contribution in [0.3, 0.4) is 0 Å². The second kappa shape index (κ2) is 6.72. The molecule has 0 aliphatic heterocycles. The number of hydrogen-bond acceptors (Lipinski definition) is 2. The maximum atomic E-state index is 11.4. The maximum Gasteiger partial charge on any atom is 0.230 e.